The maximum atomic E-state index is 5.71. The molecule has 0 radical (unpaired) electrons. The third-order valence-electron chi connectivity index (χ3n) is 1.39. The third-order valence-corrected chi connectivity index (χ3v) is 1.68. The number of ether oxygens (including phenoxy) is 1. The highest BCUT2D eigenvalue weighted by Crippen LogP contribution is 2.04. The predicted molar refractivity (Wildman–Crippen MR) is 49.2 cm³/mol. The molecule has 0 aromatic carbocycles. The van der Waals surface area contributed by atoms with Crippen molar-refractivity contribution >= 4 is 16.8 Å². The van der Waals surface area contributed by atoms with E-state index in [1.807, 2.05) is 6.92 Å². The molecule has 1 atom stereocenters. The molecule has 0 bridgehead atoms. The van der Waals surface area contributed by atoms with E-state index in [1.54, 1.807) is 7.11 Å². The van der Waals surface area contributed by atoms with Gasteiger partial charge in [-0.3, -0.25) is 0 Å². The van der Waals surface area contributed by atoms with Gasteiger partial charge in [0.1, 0.15) is 5.17 Å². The Hall–Kier alpha value is -0.340. The Kier molecular flexibility index (Phi) is 6.18. The summed E-state index contributed by atoms with van der Waals surface area (Å²) < 4.78 is 5.04. The molecule has 0 aliphatic carbocycles. The van der Waals surface area contributed by atoms with Crippen molar-refractivity contribution in [1.82, 2.24) is 0 Å². The van der Waals surface area contributed by atoms with Gasteiger partial charge < -0.3 is 4.74 Å². The summed E-state index contributed by atoms with van der Waals surface area (Å²) in [5, 5.41) is 0.587. The van der Waals surface area contributed by atoms with Crippen molar-refractivity contribution in [1.29, 1.82) is 0 Å². The SMILES string of the molecule is C=CN=C(Cl)CCC(C)OC. The fourth-order valence-electron chi connectivity index (χ4n) is 0.604. The van der Waals surface area contributed by atoms with Gasteiger partial charge in [0.15, 0.2) is 0 Å². The lowest BCUT2D eigenvalue weighted by atomic mass is 10.2. The van der Waals surface area contributed by atoms with Crippen molar-refractivity contribution in [3.63, 3.8) is 0 Å². The summed E-state index contributed by atoms with van der Waals surface area (Å²) in [5.74, 6) is 0. The van der Waals surface area contributed by atoms with Gasteiger partial charge in [-0.1, -0.05) is 18.2 Å². The number of methoxy groups -OCH3 is 1. The molecule has 0 amide bonds. The molecular formula is C8H14ClNO. The molecule has 0 N–H and O–H groups in total. The molecule has 3 heteroatoms. The van der Waals surface area contributed by atoms with Crippen LogP contribution in [-0.4, -0.2) is 18.4 Å². The predicted octanol–water partition coefficient (Wildman–Crippen LogP) is 2.58. The molecular weight excluding hydrogens is 162 g/mol. The summed E-state index contributed by atoms with van der Waals surface area (Å²) in [6.07, 6.45) is 3.33. The van der Waals surface area contributed by atoms with E-state index in [2.05, 4.69) is 11.6 Å². The average Bonchev–Trinajstić information content (AvgIpc) is 2.01. The van der Waals surface area contributed by atoms with Crippen molar-refractivity contribution in [3.8, 4) is 0 Å². The highest BCUT2D eigenvalue weighted by Gasteiger charge is 2.00. The zero-order chi connectivity index (χ0) is 8.69. The van der Waals surface area contributed by atoms with Crippen LogP contribution in [0.25, 0.3) is 0 Å². The molecule has 11 heavy (non-hydrogen) atoms. The zero-order valence-corrected chi connectivity index (χ0v) is 7.77. The Balaban J connectivity index is 3.52. The van der Waals surface area contributed by atoms with Gasteiger partial charge in [-0.25, -0.2) is 4.99 Å². The first-order valence-electron chi connectivity index (χ1n) is 3.56. The van der Waals surface area contributed by atoms with Crippen LogP contribution < -0.4 is 0 Å². The first-order chi connectivity index (χ1) is 5.20. The first-order valence-corrected chi connectivity index (χ1v) is 3.94. The molecule has 0 aliphatic rings. The molecule has 0 spiro atoms. The first kappa shape index (κ1) is 10.7. The summed E-state index contributed by atoms with van der Waals surface area (Å²) in [6, 6.07) is 0. The van der Waals surface area contributed by atoms with E-state index in [4.69, 9.17) is 16.3 Å². The minimum atomic E-state index is 0.240. The van der Waals surface area contributed by atoms with Gasteiger partial charge in [0.25, 0.3) is 0 Å². The van der Waals surface area contributed by atoms with Gasteiger partial charge in [-0.15, -0.1) is 0 Å². The van der Waals surface area contributed by atoms with Crippen LogP contribution in [0.5, 0.6) is 0 Å². The second kappa shape index (κ2) is 6.38. The van der Waals surface area contributed by atoms with Crippen LogP contribution in [0.3, 0.4) is 0 Å². The second-order valence-electron chi connectivity index (χ2n) is 2.27. The Labute approximate surface area is 72.9 Å². The van der Waals surface area contributed by atoms with Crippen LogP contribution in [-0.2, 0) is 4.74 Å². The fraction of sp³-hybridized carbons (Fsp3) is 0.625. The molecule has 0 saturated carbocycles. The van der Waals surface area contributed by atoms with Gasteiger partial charge in [-0.05, 0) is 13.3 Å². The number of halogens is 1. The van der Waals surface area contributed by atoms with E-state index in [9.17, 15) is 0 Å². The normalized spacial score (nSPS) is 14.6. The van der Waals surface area contributed by atoms with Crippen molar-refractivity contribution < 1.29 is 4.74 Å². The maximum Gasteiger partial charge on any atom is 0.106 e. The van der Waals surface area contributed by atoms with Crippen LogP contribution >= 0.6 is 11.6 Å². The summed E-state index contributed by atoms with van der Waals surface area (Å²) in [5.41, 5.74) is 0. The fourth-order valence-corrected chi connectivity index (χ4v) is 0.782. The van der Waals surface area contributed by atoms with Crippen LogP contribution in [0.2, 0.25) is 0 Å². The van der Waals surface area contributed by atoms with Crippen molar-refractivity contribution in [3.05, 3.63) is 12.8 Å². The van der Waals surface area contributed by atoms with E-state index < -0.39 is 0 Å². The number of aliphatic imine (C=N–C) groups is 1. The van der Waals surface area contributed by atoms with E-state index >= 15 is 0 Å². The number of nitrogens with zero attached hydrogens (tertiary/aromatic N) is 1. The van der Waals surface area contributed by atoms with Gasteiger partial charge >= 0.3 is 0 Å². The minimum absolute atomic E-state index is 0.240. The summed E-state index contributed by atoms with van der Waals surface area (Å²) in [4.78, 5) is 3.82. The largest absolute Gasteiger partial charge is 0.382 e. The van der Waals surface area contributed by atoms with Crippen molar-refractivity contribution in [2.24, 2.45) is 4.99 Å². The molecule has 0 aliphatic heterocycles. The quantitative estimate of drug-likeness (QED) is 0.589. The Morgan fingerprint density at radius 1 is 1.82 bits per heavy atom. The monoisotopic (exact) mass is 175 g/mol. The van der Waals surface area contributed by atoms with E-state index in [0.29, 0.717) is 5.17 Å². The van der Waals surface area contributed by atoms with Gasteiger partial charge in [0.2, 0.25) is 0 Å². The van der Waals surface area contributed by atoms with Crippen molar-refractivity contribution in [2.45, 2.75) is 25.9 Å². The van der Waals surface area contributed by atoms with Crippen LogP contribution in [0.15, 0.2) is 17.8 Å². The third kappa shape index (κ3) is 6.07. The maximum absolute atomic E-state index is 5.71. The Morgan fingerprint density at radius 3 is 2.91 bits per heavy atom. The van der Waals surface area contributed by atoms with E-state index in [-0.39, 0.29) is 6.10 Å². The topological polar surface area (TPSA) is 21.6 Å². The Morgan fingerprint density at radius 2 is 2.45 bits per heavy atom. The molecule has 0 rings (SSSR count). The van der Waals surface area contributed by atoms with E-state index in [1.165, 1.54) is 6.20 Å². The molecule has 0 heterocycles. The smallest absolute Gasteiger partial charge is 0.106 e. The number of hydrogen-bond acceptors (Lipinski definition) is 2. The number of rotatable bonds is 5. The van der Waals surface area contributed by atoms with Crippen molar-refractivity contribution in [2.75, 3.05) is 7.11 Å². The molecule has 2 nitrogen and oxygen atoms in total. The van der Waals surface area contributed by atoms with Crippen LogP contribution in [0.4, 0.5) is 0 Å². The molecule has 0 saturated heterocycles. The highest BCUT2D eigenvalue weighted by atomic mass is 35.5. The zero-order valence-electron chi connectivity index (χ0n) is 7.01. The molecule has 0 aromatic rings. The average molecular weight is 176 g/mol. The molecule has 0 fully saturated rings. The molecule has 64 valence electrons. The lowest BCUT2D eigenvalue weighted by Crippen LogP contribution is -2.05. The van der Waals surface area contributed by atoms with Crippen LogP contribution in [0, 0.1) is 0 Å². The van der Waals surface area contributed by atoms with Gasteiger partial charge in [-0.2, -0.15) is 0 Å². The molecule has 1 unspecified atom stereocenters. The second-order valence-corrected chi connectivity index (χ2v) is 2.71. The van der Waals surface area contributed by atoms with Gasteiger partial charge in [0, 0.05) is 19.7 Å². The summed E-state index contributed by atoms with van der Waals surface area (Å²) in [6.45, 7) is 5.44. The van der Waals surface area contributed by atoms with Gasteiger partial charge in [0.05, 0.1) is 6.10 Å². The highest BCUT2D eigenvalue weighted by molar-refractivity contribution is 6.65. The van der Waals surface area contributed by atoms with Crippen LogP contribution in [0.1, 0.15) is 19.8 Å². The van der Waals surface area contributed by atoms with E-state index in [0.717, 1.165) is 12.8 Å². The lowest BCUT2D eigenvalue weighted by molar-refractivity contribution is 0.113. The standard InChI is InChI=1S/C8H14ClNO/c1-4-10-8(9)6-5-7(2)11-3/h4,7H,1,5-6H2,2-3H3. The number of hydrogen-bond donors (Lipinski definition) is 0. The minimum Gasteiger partial charge on any atom is -0.382 e. The lowest BCUT2D eigenvalue weighted by Gasteiger charge is -2.06. The summed E-state index contributed by atoms with van der Waals surface area (Å²) >= 11 is 5.71. The molecule has 0 aromatic heterocycles. The summed E-state index contributed by atoms with van der Waals surface area (Å²) in [7, 11) is 1.68. The Bertz CT molecular complexity index is 145.